The van der Waals surface area contributed by atoms with E-state index in [0.717, 1.165) is 6.07 Å². The monoisotopic (exact) mass is 208 g/mol. The van der Waals surface area contributed by atoms with Gasteiger partial charge in [-0.25, -0.2) is 0 Å². The van der Waals surface area contributed by atoms with E-state index in [9.17, 15) is 13.2 Å². The quantitative estimate of drug-likeness (QED) is 0.810. The summed E-state index contributed by atoms with van der Waals surface area (Å²) in [4.78, 5) is 0. The highest BCUT2D eigenvalue weighted by atomic mass is 19.4. The number of para-hydroxylation sites is 1. The van der Waals surface area contributed by atoms with Gasteiger partial charge in [-0.3, -0.25) is 0 Å². The molecule has 6 heteroatoms. The molecule has 0 aliphatic heterocycles. The molecule has 1 aromatic carbocycles. The molecule has 1 aromatic rings. The predicted molar refractivity (Wildman–Crippen MR) is 41.3 cm³/mol. The summed E-state index contributed by atoms with van der Waals surface area (Å²) in [6.07, 6.45) is -4.86. The fraction of sp³-hybridized carbons (Fsp3) is 0.250. The Morgan fingerprint density at radius 2 is 1.93 bits per heavy atom. The molecule has 0 aliphatic rings. The van der Waals surface area contributed by atoms with Crippen LogP contribution in [0.4, 0.5) is 13.2 Å². The van der Waals surface area contributed by atoms with E-state index in [0.29, 0.717) is 0 Å². The van der Waals surface area contributed by atoms with Crippen LogP contribution in [0, 0.1) is 0 Å². The highest BCUT2D eigenvalue weighted by molar-refractivity contribution is 5.50. The molecular formula is C8H7F3O3. The van der Waals surface area contributed by atoms with Gasteiger partial charge in [0, 0.05) is 0 Å². The zero-order valence-corrected chi connectivity index (χ0v) is 7.13. The van der Waals surface area contributed by atoms with Crippen molar-refractivity contribution < 1.29 is 27.8 Å². The van der Waals surface area contributed by atoms with Crippen LogP contribution in [-0.4, -0.2) is 18.6 Å². The van der Waals surface area contributed by atoms with Gasteiger partial charge in [0.2, 0.25) is 5.75 Å². The molecule has 0 saturated heterocycles. The summed E-state index contributed by atoms with van der Waals surface area (Å²) < 4.78 is 43.7. The Morgan fingerprint density at radius 1 is 1.29 bits per heavy atom. The van der Waals surface area contributed by atoms with Crippen LogP contribution >= 0.6 is 0 Å². The van der Waals surface area contributed by atoms with Crippen LogP contribution in [0.1, 0.15) is 0 Å². The first-order valence-corrected chi connectivity index (χ1v) is 3.56. The van der Waals surface area contributed by atoms with Gasteiger partial charge in [0.1, 0.15) is 0 Å². The highest BCUT2D eigenvalue weighted by Crippen LogP contribution is 2.39. The Morgan fingerprint density at radius 3 is 2.43 bits per heavy atom. The van der Waals surface area contributed by atoms with Crippen molar-refractivity contribution in [3.8, 4) is 17.2 Å². The molecule has 0 atom stereocenters. The highest BCUT2D eigenvalue weighted by Gasteiger charge is 2.33. The fourth-order valence-electron chi connectivity index (χ4n) is 0.883. The molecular weight excluding hydrogens is 201 g/mol. The van der Waals surface area contributed by atoms with Gasteiger partial charge in [-0.15, -0.1) is 13.2 Å². The number of methoxy groups -OCH3 is 1. The second-order valence-electron chi connectivity index (χ2n) is 2.36. The largest absolute Gasteiger partial charge is 0.573 e. The molecule has 0 amide bonds. The molecule has 0 bridgehead atoms. The number of ether oxygens (including phenoxy) is 2. The van der Waals surface area contributed by atoms with Crippen molar-refractivity contribution in [2.75, 3.05) is 7.11 Å². The minimum Gasteiger partial charge on any atom is -0.504 e. The number of phenols is 1. The van der Waals surface area contributed by atoms with Gasteiger partial charge in [0.15, 0.2) is 11.5 Å². The van der Waals surface area contributed by atoms with Gasteiger partial charge < -0.3 is 14.6 Å². The Balaban J connectivity index is 3.05. The molecule has 1 N–H and O–H groups in total. The third-order valence-electron chi connectivity index (χ3n) is 1.40. The molecule has 0 saturated carbocycles. The maximum absolute atomic E-state index is 11.8. The predicted octanol–water partition coefficient (Wildman–Crippen LogP) is 2.30. The topological polar surface area (TPSA) is 38.7 Å². The number of rotatable bonds is 2. The van der Waals surface area contributed by atoms with Crippen molar-refractivity contribution in [2.24, 2.45) is 0 Å². The first-order chi connectivity index (χ1) is 6.44. The lowest BCUT2D eigenvalue weighted by Crippen LogP contribution is -2.17. The van der Waals surface area contributed by atoms with E-state index in [1.165, 1.54) is 19.2 Å². The van der Waals surface area contributed by atoms with E-state index >= 15 is 0 Å². The molecule has 0 fully saturated rings. The zero-order chi connectivity index (χ0) is 10.8. The average Bonchev–Trinajstić information content (AvgIpc) is 2.06. The third-order valence-corrected chi connectivity index (χ3v) is 1.40. The van der Waals surface area contributed by atoms with Gasteiger partial charge in [0.05, 0.1) is 7.11 Å². The second-order valence-corrected chi connectivity index (χ2v) is 2.36. The van der Waals surface area contributed by atoms with E-state index in [-0.39, 0.29) is 5.75 Å². The number of hydrogen-bond acceptors (Lipinski definition) is 3. The summed E-state index contributed by atoms with van der Waals surface area (Å²) in [5, 5.41) is 9.08. The molecule has 0 radical (unpaired) electrons. The van der Waals surface area contributed by atoms with Crippen molar-refractivity contribution in [3.05, 3.63) is 18.2 Å². The Hall–Kier alpha value is -1.59. The normalized spacial score (nSPS) is 11.1. The van der Waals surface area contributed by atoms with Crippen LogP contribution in [0.25, 0.3) is 0 Å². The van der Waals surface area contributed by atoms with Crippen LogP contribution in [0.15, 0.2) is 18.2 Å². The summed E-state index contributed by atoms with van der Waals surface area (Å²) in [5.41, 5.74) is 0. The average molecular weight is 208 g/mol. The van der Waals surface area contributed by atoms with E-state index in [4.69, 9.17) is 5.11 Å². The maximum atomic E-state index is 11.8. The Bertz CT molecular complexity index is 322. The van der Waals surface area contributed by atoms with Crippen LogP contribution in [0.5, 0.6) is 17.2 Å². The number of phenolic OH excluding ortho intramolecular Hbond substituents is 1. The van der Waals surface area contributed by atoms with Gasteiger partial charge in [-0.05, 0) is 12.1 Å². The molecule has 0 unspecified atom stereocenters. The summed E-state index contributed by atoms with van der Waals surface area (Å²) in [5.74, 6) is -1.54. The van der Waals surface area contributed by atoms with Crippen LogP contribution in [-0.2, 0) is 0 Å². The van der Waals surface area contributed by atoms with Crippen molar-refractivity contribution in [1.29, 1.82) is 0 Å². The first kappa shape index (κ1) is 10.5. The van der Waals surface area contributed by atoms with Crippen molar-refractivity contribution in [2.45, 2.75) is 6.36 Å². The van der Waals surface area contributed by atoms with E-state index in [1.54, 1.807) is 0 Å². The van der Waals surface area contributed by atoms with Gasteiger partial charge in [-0.1, -0.05) is 6.07 Å². The second kappa shape index (κ2) is 3.65. The Kier molecular flexibility index (Phi) is 2.73. The SMILES string of the molecule is COc1cccc(O)c1OC(F)(F)F. The molecule has 0 spiro atoms. The lowest BCUT2D eigenvalue weighted by molar-refractivity contribution is -0.275. The van der Waals surface area contributed by atoms with Crippen LogP contribution in [0.3, 0.4) is 0 Å². The zero-order valence-electron chi connectivity index (χ0n) is 7.13. The van der Waals surface area contributed by atoms with E-state index in [2.05, 4.69) is 9.47 Å². The fourth-order valence-corrected chi connectivity index (χ4v) is 0.883. The number of hydrogen-bond donors (Lipinski definition) is 1. The molecule has 78 valence electrons. The van der Waals surface area contributed by atoms with Crippen molar-refractivity contribution in [3.63, 3.8) is 0 Å². The molecule has 14 heavy (non-hydrogen) atoms. The third kappa shape index (κ3) is 2.45. The van der Waals surface area contributed by atoms with Gasteiger partial charge in [-0.2, -0.15) is 0 Å². The summed E-state index contributed by atoms with van der Waals surface area (Å²) in [7, 11) is 1.18. The minimum atomic E-state index is -4.86. The number of alkyl halides is 3. The van der Waals surface area contributed by atoms with Crippen LogP contribution < -0.4 is 9.47 Å². The smallest absolute Gasteiger partial charge is 0.504 e. The Labute approximate surface area is 77.7 Å². The van der Waals surface area contributed by atoms with Gasteiger partial charge in [0.25, 0.3) is 0 Å². The lowest BCUT2D eigenvalue weighted by Gasteiger charge is -2.13. The van der Waals surface area contributed by atoms with Crippen LogP contribution in [0.2, 0.25) is 0 Å². The summed E-state index contributed by atoms with van der Waals surface area (Å²) in [6.45, 7) is 0. The van der Waals surface area contributed by atoms with Crippen molar-refractivity contribution in [1.82, 2.24) is 0 Å². The summed E-state index contributed by atoms with van der Waals surface area (Å²) in [6, 6.07) is 3.67. The number of aromatic hydroxyl groups is 1. The minimum absolute atomic E-state index is 0.178. The molecule has 3 nitrogen and oxygen atoms in total. The maximum Gasteiger partial charge on any atom is 0.573 e. The first-order valence-electron chi connectivity index (χ1n) is 3.56. The number of halogens is 3. The molecule has 0 aromatic heterocycles. The number of benzene rings is 1. The summed E-state index contributed by atoms with van der Waals surface area (Å²) >= 11 is 0. The molecule has 0 aliphatic carbocycles. The molecule has 1 rings (SSSR count). The lowest BCUT2D eigenvalue weighted by atomic mass is 10.3. The van der Waals surface area contributed by atoms with Crippen molar-refractivity contribution >= 4 is 0 Å². The van der Waals surface area contributed by atoms with E-state index in [1.807, 2.05) is 0 Å². The van der Waals surface area contributed by atoms with Gasteiger partial charge >= 0.3 is 6.36 Å². The standard InChI is InChI=1S/C8H7F3O3/c1-13-6-4-2-3-5(12)7(6)14-8(9,10)11/h2-4,12H,1H3. The molecule has 0 heterocycles. The van der Waals surface area contributed by atoms with E-state index < -0.39 is 17.9 Å².